The molecule has 26 heavy (non-hydrogen) atoms. The van der Waals surface area contributed by atoms with E-state index in [1.165, 1.54) is 12.1 Å². The van der Waals surface area contributed by atoms with Gasteiger partial charge in [0.1, 0.15) is 7.05 Å². The average Bonchev–Trinajstić information content (AvgIpc) is 2.61. The summed E-state index contributed by atoms with van der Waals surface area (Å²) in [5.41, 5.74) is 3.51. The molecule has 0 aliphatic heterocycles. The van der Waals surface area contributed by atoms with Crippen molar-refractivity contribution in [3.63, 3.8) is 0 Å². The molecule has 2 nitrogen and oxygen atoms in total. The molecule has 134 valence electrons. The third kappa shape index (κ3) is 3.57. The Balaban J connectivity index is 2.27. The van der Waals surface area contributed by atoms with Crippen molar-refractivity contribution < 1.29 is 17.7 Å². The van der Waals surface area contributed by atoms with Gasteiger partial charge in [0, 0.05) is 14.1 Å². The van der Waals surface area contributed by atoms with Gasteiger partial charge < -0.3 is 4.90 Å². The third-order valence-corrected chi connectivity index (χ3v) is 4.21. The number of aryl methyl sites for hydroxylation is 1. The lowest BCUT2D eigenvalue weighted by Gasteiger charge is -2.21. The van der Waals surface area contributed by atoms with Crippen LogP contribution in [-0.2, 0) is 13.2 Å². The van der Waals surface area contributed by atoms with Crippen molar-refractivity contribution in [1.29, 1.82) is 0 Å². The van der Waals surface area contributed by atoms with Crippen LogP contribution in [0.2, 0.25) is 0 Å². The zero-order valence-corrected chi connectivity index (χ0v) is 14.9. The molecule has 5 heteroatoms. The number of rotatable bonds is 3. The predicted molar refractivity (Wildman–Crippen MR) is 97.8 cm³/mol. The van der Waals surface area contributed by atoms with Crippen molar-refractivity contribution in [3.05, 3.63) is 72.6 Å². The summed E-state index contributed by atoms with van der Waals surface area (Å²) in [6, 6.07) is 15.3. The Kier molecular flexibility index (Phi) is 4.72. The molecule has 1 aromatic heterocycles. The largest absolute Gasteiger partial charge is 0.416 e. The van der Waals surface area contributed by atoms with Crippen molar-refractivity contribution in [2.45, 2.75) is 6.18 Å². The zero-order chi connectivity index (χ0) is 18.9. The van der Waals surface area contributed by atoms with Crippen LogP contribution in [0.1, 0.15) is 5.56 Å². The van der Waals surface area contributed by atoms with Crippen LogP contribution in [-0.4, -0.2) is 14.1 Å². The summed E-state index contributed by atoms with van der Waals surface area (Å²) in [5, 5.41) is 0. The van der Waals surface area contributed by atoms with Gasteiger partial charge in [-0.15, -0.1) is 0 Å². The summed E-state index contributed by atoms with van der Waals surface area (Å²) in [5.74, 6) is 0. The van der Waals surface area contributed by atoms with Crippen LogP contribution in [0.3, 0.4) is 0 Å². The number of halogens is 3. The molecule has 0 aliphatic carbocycles. The number of aromatic nitrogens is 1. The molecular weight excluding hydrogens is 337 g/mol. The van der Waals surface area contributed by atoms with Gasteiger partial charge in [0.2, 0.25) is 0 Å². The van der Waals surface area contributed by atoms with Crippen LogP contribution in [0.5, 0.6) is 0 Å². The molecule has 0 atom stereocenters. The van der Waals surface area contributed by atoms with Crippen LogP contribution in [0.15, 0.2) is 67.0 Å². The van der Waals surface area contributed by atoms with E-state index in [4.69, 9.17) is 0 Å². The van der Waals surface area contributed by atoms with Crippen molar-refractivity contribution >= 4 is 5.69 Å². The maximum absolute atomic E-state index is 13.2. The summed E-state index contributed by atoms with van der Waals surface area (Å²) >= 11 is 0. The maximum atomic E-state index is 13.2. The summed E-state index contributed by atoms with van der Waals surface area (Å²) < 4.78 is 41.3. The Labute approximate surface area is 151 Å². The summed E-state index contributed by atoms with van der Waals surface area (Å²) in [7, 11) is 5.68. The highest BCUT2D eigenvalue weighted by atomic mass is 19.4. The van der Waals surface area contributed by atoms with Gasteiger partial charge in [0.25, 0.3) is 0 Å². The average molecular weight is 357 g/mol. The normalized spacial score (nSPS) is 11.5. The Bertz CT molecular complexity index is 916. The molecular formula is C21H20F3N2+. The smallest absolute Gasteiger partial charge is 0.376 e. The third-order valence-electron chi connectivity index (χ3n) is 4.21. The van der Waals surface area contributed by atoms with Gasteiger partial charge in [-0.3, -0.25) is 0 Å². The van der Waals surface area contributed by atoms with E-state index in [-0.39, 0.29) is 0 Å². The maximum Gasteiger partial charge on any atom is 0.416 e. The molecule has 0 radical (unpaired) electrons. The van der Waals surface area contributed by atoms with Crippen LogP contribution >= 0.6 is 0 Å². The van der Waals surface area contributed by atoms with Gasteiger partial charge in [0.15, 0.2) is 12.4 Å². The molecule has 0 aliphatic rings. The zero-order valence-electron chi connectivity index (χ0n) is 14.9. The van der Waals surface area contributed by atoms with Crippen molar-refractivity contribution in [2.75, 3.05) is 19.0 Å². The molecule has 0 saturated heterocycles. The van der Waals surface area contributed by atoms with Gasteiger partial charge in [0.05, 0.1) is 22.4 Å². The lowest BCUT2D eigenvalue weighted by atomic mass is 9.97. The number of anilines is 1. The fraction of sp³-hybridized carbons (Fsp3) is 0.190. The molecule has 0 saturated carbocycles. The first kappa shape index (κ1) is 18.0. The molecule has 3 rings (SSSR count). The van der Waals surface area contributed by atoms with Crippen molar-refractivity contribution in [2.24, 2.45) is 7.05 Å². The number of alkyl halides is 3. The van der Waals surface area contributed by atoms with Crippen LogP contribution < -0.4 is 9.47 Å². The number of pyridine rings is 1. The predicted octanol–water partition coefficient (Wildman–Crippen LogP) is 4.93. The Morgan fingerprint density at radius 3 is 1.96 bits per heavy atom. The van der Waals surface area contributed by atoms with Crippen LogP contribution in [0.25, 0.3) is 22.3 Å². The van der Waals surface area contributed by atoms with E-state index in [1.54, 1.807) is 6.07 Å². The number of nitrogens with zero attached hydrogens (tertiary/aromatic N) is 2. The summed E-state index contributed by atoms with van der Waals surface area (Å²) in [6.45, 7) is 0. The van der Waals surface area contributed by atoms with E-state index in [2.05, 4.69) is 0 Å². The van der Waals surface area contributed by atoms with Crippen LogP contribution in [0, 0.1) is 0 Å². The van der Waals surface area contributed by atoms with Gasteiger partial charge >= 0.3 is 6.18 Å². The molecule has 3 aromatic rings. The fourth-order valence-electron chi connectivity index (χ4n) is 3.10. The molecule has 2 aromatic carbocycles. The van der Waals surface area contributed by atoms with E-state index in [0.29, 0.717) is 5.56 Å². The number of benzene rings is 2. The van der Waals surface area contributed by atoms with Gasteiger partial charge in [-0.2, -0.15) is 13.2 Å². The second-order valence-electron chi connectivity index (χ2n) is 6.44. The highest BCUT2D eigenvalue weighted by molar-refractivity contribution is 5.89. The quantitative estimate of drug-likeness (QED) is 0.603. The standard InChI is InChI=1S/C21H20F3N2/c1-25(2)20-18(15-8-5-4-6-9-15)13-26(3)14-19(20)16-10-7-11-17(12-16)21(22,23)24/h4-14H,1-3H3/q+1. The molecule has 0 fully saturated rings. The lowest BCUT2D eigenvalue weighted by molar-refractivity contribution is -0.670. The molecule has 0 unspecified atom stereocenters. The van der Waals surface area contributed by atoms with Gasteiger partial charge in [-0.1, -0.05) is 42.5 Å². The Hall–Kier alpha value is -2.82. The number of hydrogen-bond donors (Lipinski definition) is 0. The molecule has 0 N–H and O–H groups in total. The second-order valence-corrected chi connectivity index (χ2v) is 6.44. The molecule has 0 spiro atoms. The van der Waals surface area contributed by atoms with Gasteiger partial charge in [-0.25, -0.2) is 4.57 Å². The number of hydrogen-bond acceptors (Lipinski definition) is 1. The van der Waals surface area contributed by atoms with E-state index in [0.717, 1.165) is 28.4 Å². The van der Waals surface area contributed by atoms with Crippen LogP contribution in [0.4, 0.5) is 18.9 Å². The molecule has 0 amide bonds. The Morgan fingerprint density at radius 2 is 1.38 bits per heavy atom. The summed E-state index contributed by atoms with van der Waals surface area (Å²) in [6.07, 6.45) is -0.521. The van der Waals surface area contributed by atoms with E-state index >= 15 is 0 Å². The van der Waals surface area contributed by atoms with Crippen molar-refractivity contribution in [3.8, 4) is 22.3 Å². The SMILES string of the molecule is CN(C)c1c(-c2ccccc2)c[n+](C)cc1-c1cccc(C(F)(F)F)c1. The highest BCUT2D eigenvalue weighted by Crippen LogP contribution is 2.39. The minimum absolute atomic E-state index is 0.539. The lowest BCUT2D eigenvalue weighted by Crippen LogP contribution is -2.29. The molecule has 0 bridgehead atoms. The van der Waals surface area contributed by atoms with E-state index in [9.17, 15) is 13.2 Å². The Morgan fingerprint density at radius 1 is 0.808 bits per heavy atom. The molecule has 1 heterocycles. The topological polar surface area (TPSA) is 7.12 Å². The van der Waals surface area contributed by atoms with E-state index < -0.39 is 11.7 Å². The monoisotopic (exact) mass is 357 g/mol. The first-order chi connectivity index (χ1) is 12.3. The first-order valence-electron chi connectivity index (χ1n) is 8.21. The minimum atomic E-state index is -4.37. The summed E-state index contributed by atoms with van der Waals surface area (Å²) in [4.78, 5) is 1.94. The minimum Gasteiger partial charge on any atom is -0.376 e. The van der Waals surface area contributed by atoms with Gasteiger partial charge in [-0.05, 0) is 23.3 Å². The van der Waals surface area contributed by atoms with E-state index in [1.807, 2.05) is 73.3 Å². The second kappa shape index (κ2) is 6.83. The fourth-order valence-corrected chi connectivity index (χ4v) is 3.10. The first-order valence-corrected chi connectivity index (χ1v) is 8.21. The highest BCUT2D eigenvalue weighted by Gasteiger charge is 2.31. The van der Waals surface area contributed by atoms with Crippen molar-refractivity contribution in [1.82, 2.24) is 0 Å².